The first-order chi connectivity index (χ1) is 61.8. The third-order valence-electron chi connectivity index (χ3n) is 25.5. The van der Waals surface area contributed by atoms with Crippen molar-refractivity contribution >= 4 is 76.9 Å². The zero-order valence-electron chi connectivity index (χ0n) is 76.3. The second kappa shape index (κ2) is 41.2. The molecule has 37 nitrogen and oxygen atoms in total. The van der Waals surface area contributed by atoms with Crippen LogP contribution < -0.4 is 38.4 Å². The van der Waals surface area contributed by atoms with Gasteiger partial charge in [0.1, 0.15) is 22.7 Å². The second-order valence-electron chi connectivity index (χ2n) is 39.1. The van der Waals surface area contributed by atoms with Gasteiger partial charge in [-0.15, -0.1) is 15.3 Å². The van der Waals surface area contributed by atoms with Gasteiger partial charge in [-0.25, -0.2) is 56.8 Å². The maximum absolute atomic E-state index is 13.4. The largest absolute Gasteiger partial charge is 0.478 e. The molecule has 7 fully saturated rings. The number of nitrogens with two attached hydrogens (primary N) is 1. The molecule has 0 radical (unpaired) electrons. The van der Waals surface area contributed by atoms with Gasteiger partial charge in [-0.3, -0.25) is 19.0 Å². The highest BCUT2D eigenvalue weighted by Crippen LogP contribution is 2.50. The average Bonchev–Trinajstić information content (AvgIpc) is 1.71. The molecule has 1 saturated heterocycles. The summed E-state index contributed by atoms with van der Waals surface area (Å²) >= 11 is 12.1. The van der Waals surface area contributed by atoms with Crippen LogP contribution in [0, 0.1) is 32.5 Å². The molecule has 8 aliphatic rings. The zero-order valence-corrected chi connectivity index (χ0v) is 80.3. The van der Waals surface area contributed by atoms with Gasteiger partial charge in [0.25, 0.3) is 31.9 Å². The topological polar surface area (TPSA) is 459 Å². The highest BCUT2D eigenvalue weighted by Gasteiger charge is 2.44. The van der Waals surface area contributed by atoms with Crippen LogP contribution in [0.1, 0.15) is 229 Å². The van der Waals surface area contributed by atoms with E-state index in [9.17, 15) is 39.6 Å². The van der Waals surface area contributed by atoms with Crippen LogP contribution in [0.25, 0.3) is 17.5 Å². The van der Waals surface area contributed by atoms with Crippen LogP contribution >= 0.6 is 23.2 Å². The van der Waals surface area contributed by atoms with Crippen LogP contribution in [-0.4, -0.2) is 212 Å². The molecule has 2 bridgehead atoms. The summed E-state index contributed by atoms with van der Waals surface area (Å²) in [5.74, 6) is 0.348. The number of fused-ring (bicyclic) bond motifs is 5. The zero-order chi connectivity index (χ0) is 94.1. The lowest BCUT2D eigenvalue weighted by Gasteiger charge is -2.33. The molecule has 42 heteroatoms. The number of aromatic nitrogens is 15. The maximum atomic E-state index is 13.4. The molecule has 9 aromatic heterocycles. The second-order valence-corrected chi connectivity index (χ2v) is 44.6. The van der Waals surface area contributed by atoms with E-state index in [1.807, 2.05) is 4.90 Å². The van der Waals surface area contributed by atoms with E-state index in [1.54, 1.807) is 65.9 Å². The van der Waals surface area contributed by atoms with Gasteiger partial charge in [0, 0.05) is 54.9 Å². The van der Waals surface area contributed by atoms with Crippen LogP contribution in [0.3, 0.4) is 0 Å². The van der Waals surface area contributed by atoms with Crippen molar-refractivity contribution in [1.29, 1.82) is 0 Å². The number of H-pyrrole nitrogens is 1. The first-order valence-corrected chi connectivity index (χ1v) is 49.9. The number of amides is 2. The number of carboxylic acids is 1. The first kappa shape index (κ1) is 99.0. The first-order valence-electron chi connectivity index (χ1n) is 44.6. The molecule has 0 spiro atoms. The lowest BCUT2D eigenvalue weighted by atomic mass is 9.92. The molecule has 2 amide bonds. The number of aromatic amines is 1. The molecule has 17 rings (SSSR count). The van der Waals surface area contributed by atoms with Crippen molar-refractivity contribution in [2.24, 2.45) is 37.6 Å². The standard InChI is InChI=1S/C27H35ClN6O5S.C26H33N7O5S.C15H16ClN3O3.C12H21N3O3S.C9H18O2/c1-26(2)9-6-19(18-26)38-17-15-34-23(7-13-29-34)40(36,37)32-25(35)20-4-5-21(30-24(20)28)33-14-8-22(31-33)39-16-12-27(3)10-11-27;1-25(2)16-18-17-31(25)23-19(24(34)30-39(35,36)22-6-11-27-33(22)13-15-37-18)4-5-20(28-23)32-12-7-21(29-32)38-14-10-26(3)8-9-26;1-15(5-6-15)7-9-22-12-4-8-19(18-12)11-3-2-10(14(20)21)13(16)17-11;1-12(2)5-3-10(9-12)18-8-7-15-11(4-6-14-15)19(13,16)17;1-9(2)4-3-8(7-9)11-6-5-10/h4-5,7-8,13-14,19H,6,9-12,15-18H2,1-3H3,(H,32,35);4-7,11-12,18H,8-10,13-17H2,1-3H3,(H,30,34);2-4,8H,5-7,9H2,1H3,(H,20,21);4,6,10H,3,5,7-9H2,1-2H3,(H2,13,16,17);8,10H,3-7H2,1-2H3/p+1. The molecule has 6 aliphatic carbocycles. The minimum absolute atomic E-state index is 0.0354. The van der Waals surface area contributed by atoms with Crippen molar-refractivity contribution in [3.63, 3.8) is 0 Å². The fourth-order valence-electron chi connectivity index (χ4n) is 16.5. The van der Waals surface area contributed by atoms with E-state index in [0.29, 0.717) is 133 Å². The van der Waals surface area contributed by atoms with E-state index in [1.165, 1.54) is 124 Å². The lowest BCUT2D eigenvalue weighted by molar-refractivity contribution is -0.784. The number of pyridine rings is 3. The SMILES string of the molecule is CC1(C)CCC(OCCO)C1.CC1(C)CCC(OCC[n+]2[nH]ccc2S(N)(=O)=O)C1.CC1(C)CCC(OCCn2nccc2S(=O)(=O)NC(=O)c2ccc(-n3ccc(OCCC4(C)CC4)n3)nc2Cl)C1.CC1(CCOc2ccn(-c3ccc(C(=O)O)c(Cl)n3)n2)CC1.CC1(CCOc2ccn(-c3ccc4c(n3)N3CC(CC3(C)C)OCCn3nccc3S(=O)(=O)NC4=O)n2)CC1. The van der Waals surface area contributed by atoms with Crippen molar-refractivity contribution in [1.82, 2.24) is 78.4 Å². The fraction of sp³-hybridized carbons (Fsp3) is 0.596. The number of primary sulfonamides is 1. The number of ether oxygens (including phenoxy) is 7. The summed E-state index contributed by atoms with van der Waals surface area (Å²) in [7, 11) is -12.1. The number of nitrogens with one attached hydrogen (secondary N) is 3. The van der Waals surface area contributed by atoms with Crippen LogP contribution in [0.5, 0.6) is 17.6 Å². The Morgan fingerprint density at radius 2 is 1.08 bits per heavy atom. The fourth-order valence-corrected chi connectivity index (χ4v) is 19.9. The normalized spacial score (nSPS) is 21.2. The Bertz CT molecular complexity index is 5820. The van der Waals surface area contributed by atoms with Crippen molar-refractivity contribution in [2.45, 2.75) is 263 Å². The summed E-state index contributed by atoms with van der Waals surface area (Å²) in [5, 5.41) is 46.4. The smallest absolute Gasteiger partial charge is 0.338 e. The number of aromatic carboxylic acids is 1. The van der Waals surface area contributed by atoms with Gasteiger partial charge < -0.3 is 48.3 Å². The van der Waals surface area contributed by atoms with E-state index >= 15 is 0 Å². The predicted molar refractivity (Wildman–Crippen MR) is 485 cm³/mol. The van der Waals surface area contributed by atoms with E-state index in [-0.39, 0.29) is 92.1 Å². The molecular formula is C89H124Cl2N19O18S3+. The number of carboxylic acid groups (broad SMARTS) is 1. The monoisotopic (exact) mass is 1910 g/mol. The molecule has 4 atom stereocenters. The number of carbonyl (C=O) groups excluding carboxylic acids is 2. The Morgan fingerprint density at radius 1 is 0.603 bits per heavy atom. The van der Waals surface area contributed by atoms with E-state index in [2.05, 4.69) is 126 Å². The van der Waals surface area contributed by atoms with Crippen molar-refractivity contribution < 1.29 is 87.7 Å². The van der Waals surface area contributed by atoms with Gasteiger partial charge in [-0.2, -0.15) is 32.1 Å². The quantitative estimate of drug-likeness (QED) is 0.0174. The number of hydrogen-bond acceptors (Lipinski definition) is 26. The number of carbonyl (C=O) groups is 3. The number of anilines is 1. The van der Waals surface area contributed by atoms with Gasteiger partial charge in [0.2, 0.25) is 17.6 Å². The summed E-state index contributed by atoms with van der Waals surface area (Å²) < 4.78 is 128. The number of aliphatic hydroxyl groups is 1. The molecule has 2 aliphatic heterocycles. The predicted octanol–water partition coefficient (Wildman–Crippen LogP) is 12.2. The Kier molecular flexibility index (Phi) is 31.1. The van der Waals surface area contributed by atoms with Gasteiger partial charge >= 0.3 is 21.0 Å². The third kappa shape index (κ3) is 27.4. The van der Waals surface area contributed by atoms with E-state index < -0.39 is 53.4 Å². The molecule has 6 saturated carbocycles. The van der Waals surface area contributed by atoms with E-state index in [4.69, 9.17) is 76.7 Å². The summed E-state index contributed by atoms with van der Waals surface area (Å²) in [6.07, 6.45) is 31.2. The average molecular weight is 1920 g/mol. The molecule has 11 heterocycles. The van der Waals surface area contributed by atoms with Gasteiger partial charge in [-0.1, -0.05) is 90.2 Å². The third-order valence-corrected chi connectivity index (χ3v) is 29.7. The molecule has 7 N–H and O–H groups in total. The van der Waals surface area contributed by atoms with Crippen molar-refractivity contribution in [2.75, 3.05) is 64.3 Å². The minimum Gasteiger partial charge on any atom is -0.478 e. The summed E-state index contributed by atoms with van der Waals surface area (Å²) in [6, 6.07) is 18.5. The Morgan fingerprint density at radius 3 is 1.56 bits per heavy atom. The number of sulfonamides is 3. The molecule has 9 aromatic rings. The molecular weight excluding hydrogens is 1790 g/mol. The van der Waals surface area contributed by atoms with Crippen molar-refractivity contribution in [3.8, 4) is 35.1 Å². The van der Waals surface area contributed by atoms with Gasteiger partial charge in [-0.05, 0) is 217 Å². The molecule has 131 heavy (non-hydrogen) atoms. The minimum atomic E-state index is -4.23. The number of halogens is 2. The van der Waals surface area contributed by atoms with Crippen LogP contribution in [0.4, 0.5) is 5.82 Å². The van der Waals surface area contributed by atoms with Crippen LogP contribution in [0.15, 0.2) is 125 Å². The molecule has 4 unspecified atom stereocenters. The van der Waals surface area contributed by atoms with E-state index in [0.717, 1.165) is 64.2 Å². The summed E-state index contributed by atoms with van der Waals surface area (Å²) in [5.41, 5.74) is 1.92. The van der Waals surface area contributed by atoms with Crippen LogP contribution in [0.2, 0.25) is 10.3 Å². The van der Waals surface area contributed by atoms with Crippen molar-refractivity contribution in [3.05, 3.63) is 137 Å². The highest BCUT2D eigenvalue weighted by atomic mass is 35.5. The molecule has 714 valence electrons. The number of rotatable bonds is 31. The number of nitrogens with zero attached hydrogens (tertiary/aromatic N) is 15. The Hall–Kier alpha value is -9.49. The molecule has 0 aromatic carbocycles. The highest BCUT2D eigenvalue weighted by molar-refractivity contribution is 7.90. The van der Waals surface area contributed by atoms with Gasteiger partial charge in [0.15, 0.2) is 34.1 Å². The number of aliphatic hydroxyl groups excluding tert-OH is 1. The van der Waals surface area contributed by atoms with Gasteiger partial charge in [0.05, 0.1) is 119 Å². The van der Waals surface area contributed by atoms with Crippen LogP contribution in [-0.2, 0) is 68.7 Å². The number of hydrogen-bond donors (Lipinski definition) is 6. The summed E-state index contributed by atoms with van der Waals surface area (Å²) in [6.45, 7) is 29.3. The Balaban J connectivity index is 0.000000148. The maximum Gasteiger partial charge on any atom is 0.338 e. The summed E-state index contributed by atoms with van der Waals surface area (Å²) in [4.78, 5) is 52.3. The Labute approximate surface area is 775 Å². The lowest BCUT2D eigenvalue weighted by Crippen LogP contribution is -2.44.